The van der Waals surface area contributed by atoms with Crippen LogP contribution in [0, 0.1) is 0 Å². The van der Waals surface area contributed by atoms with Gasteiger partial charge in [-0.25, -0.2) is 4.79 Å². The van der Waals surface area contributed by atoms with Gasteiger partial charge >= 0.3 is 5.97 Å². The van der Waals surface area contributed by atoms with Crippen molar-refractivity contribution < 1.29 is 14.7 Å². The predicted octanol–water partition coefficient (Wildman–Crippen LogP) is 1.51. The maximum atomic E-state index is 12.0. The van der Waals surface area contributed by atoms with Gasteiger partial charge in [0.2, 0.25) is 0 Å². The highest BCUT2D eigenvalue weighted by Gasteiger charge is 2.21. The van der Waals surface area contributed by atoms with Gasteiger partial charge in [-0.3, -0.25) is 9.78 Å². The number of pyridine rings is 1. The number of amides is 1. The van der Waals surface area contributed by atoms with Crippen molar-refractivity contribution in [3.05, 3.63) is 66.0 Å². The van der Waals surface area contributed by atoms with E-state index in [0.717, 1.165) is 5.56 Å². The van der Waals surface area contributed by atoms with Crippen molar-refractivity contribution in [2.45, 2.75) is 12.5 Å². The lowest BCUT2D eigenvalue weighted by Crippen LogP contribution is -2.42. The fourth-order valence-corrected chi connectivity index (χ4v) is 1.79. The lowest BCUT2D eigenvalue weighted by atomic mass is 10.1. The minimum Gasteiger partial charge on any atom is -0.480 e. The Kier molecular flexibility index (Phi) is 4.44. The Morgan fingerprint density at radius 1 is 1.15 bits per heavy atom. The van der Waals surface area contributed by atoms with Gasteiger partial charge in [0.05, 0.1) is 0 Å². The first kappa shape index (κ1) is 13.7. The molecule has 0 spiro atoms. The standard InChI is InChI=1S/C15H14N2O3/c18-14(12-6-2-1-3-7-12)17-13(15(19)20)9-11-5-4-8-16-10-11/h1-8,10,13H,9H2,(H,17,18)(H,19,20)/t13-/m1/s1. The third-order valence-electron chi connectivity index (χ3n) is 2.80. The number of carbonyl (C=O) groups excluding carboxylic acids is 1. The van der Waals surface area contributed by atoms with E-state index >= 15 is 0 Å². The Labute approximate surface area is 116 Å². The molecule has 1 aromatic heterocycles. The quantitative estimate of drug-likeness (QED) is 0.863. The molecule has 0 aliphatic heterocycles. The summed E-state index contributed by atoms with van der Waals surface area (Å²) < 4.78 is 0. The highest BCUT2D eigenvalue weighted by molar-refractivity contribution is 5.96. The van der Waals surface area contributed by atoms with Gasteiger partial charge in [-0.05, 0) is 23.8 Å². The molecule has 2 N–H and O–H groups in total. The number of benzene rings is 1. The van der Waals surface area contributed by atoms with E-state index in [1.165, 1.54) is 0 Å². The van der Waals surface area contributed by atoms with Crippen molar-refractivity contribution in [1.29, 1.82) is 0 Å². The van der Waals surface area contributed by atoms with Crippen LogP contribution in [0.1, 0.15) is 15.9 Å². The number of aromatic nitrogens is 1. The topological polar surface area (TPSA) is 79.3 Å². The molecule has 0 saturated carbocycles. The first-order valence-corrected chi connectivity index (χ1v) is 6.14. The van der Waals surface area contributed by atoms with Gasteiger partial charge in [-0.2, -0.15) is 0 Å². The minimum atomic E-state index is -1.07. The summed E-state index contributed by atoms with van der Waals surface area (Å²) in [5.41, 5.74) is 1.19. The second-order valence-corrected chi connectivity index (χ2v) is 4.30. The summed E-state index contributed by atoms with van der Waals surface area (Å²) in [6.45, 7) is 0. The van der Waals surface area contributed by atoms with E-state index in [-0.39, 0.29) is 6.42 Å². The highest BCUT2D eigenvalue weighted by Crippen LogP contribution is 2.04. The Hall–Kier alpha value is -2.69. The molecule has 0 aliphatic rings. The SMILES string of the molecule is O=C(N[C@H](Cc1cccnc1)C(=O)O)c1ccccc1. The Morgan fingerprint density at radius 2 is 1.90 bits per heavy atom. The predicted molar refractivity (Wildman–Crippen MR) is 73.3 cm³/mol. The van der Waals surface area contributed by atoms with Crippen molar-refractivity contribution in [2.75, 3.05) is 0 Å². The lowest BCUT2D eigenvalue weighted by molar-refractivity contribution is -0.139. The second kappa shape index (κ2) is 6.47. The molecule has 2 aromatic rings. The maximum Gasteiger partial charge on any atom is 0.326 e. The summed E-state index contributed by atoms with van der Waals surface area (Å²) in [6, 6.07) is 11.0. The number of rotatable bonds is 5. The number of hydrogen-bond acceptors (Lipinski definition) is 3. The summed E-state index contributed by atoms with van der Waals surface area (Å²) in [5, 5.41) is 11.7. The molecule has 1 aromatic carbocycles. The number of carboxylic acid groups (broad SMARTS) is 1. The number of aliphatic carboxylic acids is 1. The zero-order valence-electron chi connectivity index (χ0n) is 10.7. The second-order valence-electron chi connectivity index (χ2n) is 4.30. The third kappa shape index (κ3) is 3.65. The van der Waals surface area contributed by atoms with E-state index in [9.17, 15) is 14.7 Å². The van der Waals surface area contributed by atoms with Crippen molar-refractivity contribution in [3.8, 4) is 0 Å². The molecule has 1 heterocycles. The van der Waals surface area contributed by atoms with Crippen LogP contribution in [0.2, 0.25) is 0 Å². The molecule has 0 aliphatic carbocycles. The molecule has 102 valence electrons. The maximum absolute atomic E-state index is 12.0. The molecular formula is C15H14N2O3. The van der Waals surface area contributed by atoms with Gasteiger partial charge < -0.3 is 10.4 Å². The summed E-state index contributed by atoms with van der Waals surface area (Å²) in [4.78, 5) is 27.1. The van der Waals surface area contributed by atoms with Crippen LogP contribution in [0.15, 0.2) is 54.9 Å². The average molecular weight is 270 g/mol. The van der Waals surface area contributed by atoms with E-state index in [2.05, 4.69) is 10.3 Å². The van der Waals surface area contributed by atoms with Crippen LogP contribution >= 0.6 is 0 Å². The monoisotopic (exact) mass is 270 g/mol. The van der Waals surface area contributed by atoms with E-state index in [4.69, 9.17) is 0 Å². The molecule has 0 unspecified atom stereocenters. The molecule has 5 heteroatoms. The fourth-order valence-electron chi connectivity index (χ4n) is 1.79. The van der Waals surface area contributed by atoms with Crippen molar-refractivity contribution in [3.63, 3.8) is 0 Å². The largest absolute Gasteiger partial charge is 0.480 e. The van der Waals surface area contributed by atoms with Gasteiger partial charge in [-0.15, -0.1) is 0 Å². The normalized spacial score (nSPS) is 11.6. The number of carbonyl (C=O) groups is 2. The number of nitrogens with zero attached hydrogens (tertiary/aromatic N) is 1. The van der Waals surface area contributed by atoms with Crippen LogP contribution in [0.25, 0.3) is 0 Å². The molecule has 5 nitrogen and oxygen atoms in total. The van der Waals surface area contributed by atoms with Crippen LogP contribution in [0.5, 0.6) is 0 Å². The van der Waals surface area contributed by atoms with Crippen LogP contribution in [-0.4, -0.2) is 28.0 Å². The molecule has 0 fully saturated rings. The van der Waals surface area contributed by atoms with Crippen molar-refractivity contribution >= 4 is 11.9 Å². The zero-order chi connectivity index (χ0) is 14.4. The first-order valence-electron chi connectivity index (χ1n) is 6.14. The van der Waals surface area contributed by atoms with Gasteiger partial charge in [0, 0.05) is 24.4 Å². The molecule has 0 bridgehead atoms. The van der Waals surface area contributed by atoms with Gasteiger partial charge in [0.1, 0.15) is 6.04 Å². The number of hydrogen-bond donors (Lipinski definition) is 2. The smallest absolute Gasteiger partial charge is 0.326 e. The van der Waals surface area contributed by atoms with Gasteiger partial charge in [0.25, 0.3) is 5.91 Å². The molecule has 0 saturated heterocycles. The first-order chi connectivity index (χ1) is 9.66. The average Bonchev–Trinajstić information content (AvgIpc) is 2.48. The third-order valence-corrected chi connectivity index (χ3v) is 2.80. The summed E-state index contributed by atoms with van der Waals surface area (Å²) in [7, 11) is 0. The van der Waals surface area contributed by atoms with Crippen molar-refractivity contribution in [1.82, 2.24) is 10.3 Å². The summed E-state index contributed by atoms with van der Waals surface area (Å²) >= 11 is 0. The van der Waals surface area contributed by atoms with E-state index in [1.807, 2.05) is 0 Å². The van der Waals surface area contributed by atoms with E-state index in [0.29, 0.717) is 5.56 Å². The van der Waals surface area contributed by atoms with E-state index < -0.39 is 17.9 Å². The number of nitrogens with one attached hydrogen (secondary N) is 1. The highest BCUT2D eigenvalue weighted by atomic mass is 16.4. The Morgan fingerprint density at radius 3 is 2.50 bits per heavy atom. The van der Waals surface area contributed by atoms with Gasteiger partial charge in [0.15, 0.2) is 0 Å². The van der Waals surface area contributed by atoms with Crippen LogP contribution in [0.4, 0.5) is 0 Å². The van der Waals surface area contributed by atoms with Crippen molar-refractivity contribution in [2.24, 2.45) is 0 Å². The minimum absolute atomic E-state index is 0.196. The molecule has 1 amide bonds. The molecule has 20 heavy (non-hydrogen) atoms. The molecule has 2 rings (SSSR count). The zero-order valence-corrected chi connectivity index (χ0v) is 10.7. The molecule has 0 radical (unpaired) electrons. The summed E-state index contributed by atoms with van der Waals surface area (Å²) in [6.07, 6.45) is 3.40. The summed E-state index contributed by atoms with van der Waals surface area (Å²) in [5.74, 6) is -1.47. The van der Waals surface area contributed by atoms with E-state index in [1.54, 1.807) is 54.9 Å². The molecular weight excluding hydrogens is 256 g/mol. The van der Waals surface area contributed by atoms with Crippen LogP contribution in [-0.2, 0) is 11.2 Å². The van der Waals surface area contributed by atoms with Crippen LogP contribution < -0.4 is 5.32 Å². The Bertz CT molecular complexity index is 585. The Balaban J connectivity index is 2.07. The molecule has 1 atom stereocenters. The fraction of sp³-hybridized carbons (Fsp3) is 0.133. The lowest BCUT2D eigenvalue weighted by Gasteiger charge is -2.14. The number of carboxylic acids is 1. The van der Waals surface area contributed by atoms with Gasteiger partial charge in [-0.1, -0.05) is 24.3 Å². The van der Waals surface area contributed by atoms with Crippen LogP contribution in [0.3, 0.4) is 0 Å².